The number of nitrogens with zero attached hydrogens (tertiary/aromatic N) is 2. The zero-order valence-electron chi connectivity index (χ0n) is 10.9. The molecule has 0 aliphatic carbocycles. The SMILES string of the molecule is CC(C)C(C)N(C)Cc1ccccc1[N+](=O)[O-]. The molecule has 17 heavy (non-hydrogen) atoms. The first-order valence-electron chi connectivity index (χ1n) is 5.86. The van der Waals surface area contributed by atoms with Crippen molar-refractivity contribution in [3.63, 3.8) is 0 Å². The molecule has 1 unspecified atom stereocenters. The number of para-hydroxylation sites is 1. The fraction of sp³-hybridized carbons (Fsp3) is 0.538. The lowest BCUT2D eigenvalue weighted by Gasteiger charge is -2.27. The molecule has 1 rings (SSSR count). The van der Waals surface area contributed by atoms with Crippen LogP contribution in [0.15, 0.2) is 24.3 Å². The molecule has 1 aromatic rings. The molecule has 0 fully saturated rings. The van der Waals surface area contributed by atoms with Gasteiger partial charge in [0.05, 0.1) is 4.92 Å². The van der Waals surface area contributed by atoms with Crippen molar-refractivity contribution in [3.8, 4) is 0 Å². The van der Waals surface area contributed by atoms with Crippen LogP contribution in [-0.4, -0.2) is 22.9 Å². The van der Waals surface area contributed by atoms with Gasteiger partial charge in [0.2, 0.25) is 0 Å². The van der Waals surface area contributed by atoms with Crippen molar-refractivity contribution in [1.82, 2.24) is 4.90 Å². The molecule has 0 aliphatic heterocycles. The number of nitro groups is 1. The average molecular weight is 236 g/mol. The first kappa shape index (κ1) is 13.6. The maximum Gasteiger partial charge on any atom is 0.273 e. The van der Waals surface area contributed by atoms with Gasteiger partial charge < -0.3 is 0 Å². The minimum absolute atomic E-state index is 0.204. The molecule has 1 atom stereocenters. The van der Waals surface area contributed by atoms with E-state index < -0.39 is 0 Å². The first-order chi connectivity index (χ1) is 7.93. The van der Waals surface area contributed by atoms with E-state index in [-0.39, 0.29) is 10.6 Å². The van der Waals surface area contributed by atoms with E-state index in [0.717, 1.165) is 5.56 Å². The van der Waals surface area contributed by atoms with Crippen LogP contribution < -0.4 is 0 Å². The fourth-order valence-corrected chi connectivity index (χ4v) is 1.74. The molecule has 0 heterocycles. The molecule has 4 nitrogen and oxygen atoms in total. The number of rotatable bonds is 5. The summed E-state index contributed by atoms with van der Waals surface area (Å²) in [4.78, 5) is 12.7. The van der Waals surface area contributed by atoms with Gasteiger partial charge in [-0.05, 0) is 19.9 Å². The quantitative estimate of drug-likeness (QED) is 0.583. The van der Waals surface area contributed by atoms with Gasteiger partial charge in [-0.1, -0.05) is 32.0 Å². The Morgan fingerprint density at radius 1 is 1.29 bits per heavy atom. The molecule has 0 saturated carbocycles. The summed E-state index contributed by atoms with van der Waals surface area (Å²) >= 11 is 0. The summed E-state index contributed by atoms with van der Waals surface area (Å²) in [6, 6.07) is 7.32. The van der Waals surface area contributed by atoms with E-state index in [1.54, 1.807) is 12.1 Å². The highest BCUT2D eigenvalue weighted by atomic mass is 16.6. The lowest BCUT2D eigenvalue weighted by Crippen LogP contribution is -2.32. The second kappa shape index (κ2) is 5.77. The summed E-state index contributed by atoms with van der Waals surface area (Å²) in [6.45, 7) is 7.05. The van der Waals surface area contributed by atoms with E-state index in [4.69, 9.17) is 0 Å². The largest absolute Gasteiger partial charge is 0.299 e. The van der Waals surface area contributed by atoms with Gasteiger partial charge in [0.1, 0.15) is 0 Å². The Bertz CT molecular complexity index is 391. The Kier molecular flexibility index (Phi) is 4.63. The van der Waals surface area contributed by atoms with Crippen LogP contribution in [0.1, 0.15) is 26.3 Å². The zero-order valence-corrected chi connectivity index (χ0v) is 10.9. The minimum Gasteiger partial charge on any atom is -0.299 e. The maximum absolute atomic E-state index is 10.9. The second-order valence-electron chi connectivity index (χ2n) is 4.79. The van der Waals surface area contributed by atoms with Gasteiger partial charge in [0.15, 0.2) is 0 Å². The number of nitro benzene ring substituents is 1. The van der Waals surface area contributed by atoms with E-state index in [1.165, 1.54) is 0 Å². The van der Waals surface area contributed by atoms with Crippen molar-refractivity contribution in [3.05, 3.63) is 39.9 Å². The smallest absolute Gasteiger partial charge is 0.273 e. The Hall–Kier alpha value is -1.42. The minimum atomic E-state index is -0.316. The molecule has 0 saturated heterocycles. The molecule has 0 N–H and O–H groups in total. The molecule has 1 aromatic carbocycles. The van der Waals surface area contributed by atoms with Gasteiger partial charge in [0, 0.05) is 24.2 Å². The van der Waals surface area contributed by atoms with Crippen LogP contribution in [-0.2, 0) is 6.54 Å². The Morgan fingerprint density at radius 3 is 2.41 bits per heavy atom. The van der Waals surface area contributed by atoms with E-state index in [2.05, 4.69) is 25.7 Å². The van der Waals surface area contributed by atoms with Crippen LogP contribution in [0.25, 0.3) is 0 Å². The van der Waals surface area contributed by atoms with Crippen molar-refractivity contribution in [2.24, 2.45) is 5.92 Å². The third-order valence-corrected chi connectivity index (χ3v) is 3.27. The highest BCUT2D eigenvalue weighted by molar-refractivity contribution is 5.39. The molecule has 0 spiro atoms. The summed E-state index contributed by atoms with van der Waals surface area (Å²) in [6.07, 6.45) is 0. The molecule has 94 valence electrons. The fourth-order valence-electron chi connectivity index (χ4n) is 1.74. The van der Waals surface area contributed by atoms with Crippen molar-refractivity contribution >= 4 is 5.69 Å². The number of benzene rings is 1. The monoisotopic (exact) mass is 236 g/mol. The van der Waals surface area contributed by atoms with Crippen molar-refractivity contribution in [2.45, 2.75) is 33.4 Å². The van der Waals surface area contributed by atoms with Crippen molar-refractivity contribution < 1.29 is 4.92 Å². The van der Waals surface area contributed by atoms with Crippen LogP contribution in [0.4, 0.5) is 5.69 Å². The predicted molar refractivity (Wildman–Crippen MR) is 68.9 cm³/mol. The van der Waals surface area contributed by atoms with Crippen LogP contribution in [0.3, 0.4) is 0 Å². The standard InChI is InChI=1S/C13H20N2O2/c1-10(2)11(3)14(4)9-12-7-5-6-8-13(12)15(16)17/h5-8,10-11H,9H2,1-4H3. The Balaban J connectivity index is 2.84. The average Bonchev–Trinajstić information content (AvgIpc) is 2.28. The third-order valence-electron chi connectivity index (χ3n) is 3.27. The summed E-state index contributed by atoms with van der Waals surface area (Å²) in [7, 11) is 2.00. The van der Waals surface area contributed by atoms with Gasteiger partial charge >= 0.3 is 0 Å². The van der Waals surface area contributed by atoms with Crippen molar-refractivity contribution in [1.29, 1.82) is 0 Å². The van der Waals surface area contributed by atoms with Gasteiger partial charge in [-0.25, -0.2) is 0 Å². The zero-order chi connectivity index (χ0) is 13.0. The Morgan fingerprint density at radius 2 is 1.88 bits per heavy atom. The molecule has 0 aromatic heterocycles. The molecule has 0 amide bonds. The second-order valence-corrected chi connectivity index (χ2v) is 4.79. The molecular formula is C13H20N2O2. The highest BCUT2D eigenvalue weighted by Gasteiger charge is 2.18. The Labute approximate surface area is 102 Å². The molecule has 0 aliphatic rings. The first-order valence-corrected chi connectivity index (χ1v) is 5.86. The van der Waals surface area contributed by atoms with Crippen LogP contribution in [0, 0.1) is 16.0 Å². The molecular weight excluding hydrogens is 216 g/mol. The van der Waals surface area contributed by atoms with Gasteiger partial charge in [-0.3, -0.25) is 15.0 Å². The van der Waals surface area contributed by atoms with Crippen LogP contribution in [0.2, 0.25) is 0 Å². The molecule has 4 heteroatoms. The van der Waals surface area contributed by atoms with Gasteiger partial charge in [-0.15, -0.1) is 0 Å². The molecule has 0 radical (unpaired) electrons. The van der Waals surface area contributed by atoms with E-state index in [9.17, 15) is 10.1 Å². The van der Waals surface area contributed by atoms with E-state index in [0.29, 0.717) is 18.5 Å². The van der Waals surface area contributed by atoms with E-state index >= 15 is 0 Å². The van der Waals surface area contributed by atoms with Crippen LogP contribution >= 0.6 is 0 Å². The maximum atomic E-state index is 10.9. The van der Waals surface area contributed by atoms with Crippen LogP contribution in [0.5, 0.6) is 0 Å². The lowest BCUT2D eigenvalue weighted by atomic mass is 10.0. The molecule has 0 bridgehead atoms. The number of hydrogen-bond acceptors (Lipinski definition) is 3. The lowest BCUT2D eigenvalue weighted by molar-refractivity contribution is -0.385. The van der Waals surface area contributed by atoms with Gasteiger partial charge in [0.25, 0.3) is 5.69 Å². The topological polar surface area (TPSA) is 46.4 Å². The summed E-state index contributed by atoms with van der Waals surface area (Å²) in [5, 5.41) is 10.9. The van der Waals surface area contributed by atoms with Crippen molar-refractivity contribution in [2.75, 3.05) is 7.05 Å². The normalized spacial score (nSPS) is 13.1. The summed E-state index contributed by atoms with van der Waals surface area (Å²) < 4.78 is 0. The summed E-state index contributed by atoms with van der Waals surface area (Å²) in [5.74, 6) is 0.530. The van der Waals surface area contributed by atoms with Gasteiger partial charge in [-0.2, -0.15) is 0 Å². The number of hydrogen-bond donors (Lipinski definition) is 0. The van der Waals surface area contributed by atoms with E-state index in [1.807, 2.05) is 19.2 Å². The highest BCUT2D eigenvalue weighted by Crippen LogP contribution is 2.21. The third kappa shape index (κ3) is 3.53. The predicted octanol–water partition coefficient (Wildman–Crippen LogP) is 3.07. The summed E-state index contributed by atoms with van der Waals surface area (Å²) in [5.41, 5.74) is 0.975.